The smallest absolute Gasteiger partial charge is 0.234 e. The summed E-state index contributed by atoms with van der Waals surface area (Å²) in [5.41, 5.74) is 4.13. The highest BCUT2D eigenvalue weighted by Gasteiger charge is 2.14. The lowest BCUT2D eigenvalue weighted by molar-refractivity contribution is 0.175. The van der Waals surface area contributed by atoms with E-state index in [4.69, 9.17) is 0 Å². The molecule has 2 heterocycles. The molecule has 0 saturated heterocycles. The predicted molar refractivity (Wildman–Crippen MR) is 96.3 cm³/mol. The van der Waals surface area contributed by atoms with Gasteiger partial charge in [0.2, 0.25) is 5.78 Å². The Kier molecular flexibility index (Phi) is 4.81. The maximum Gasteiger partial charge on any atom is 0.234 e. The summed E-state index contributed by atoms with van der Waals surface area (Å²) in [7, 11) is 0. The minimum Gasteiger partial charge on any atom is -0.391 e. The van der Waals surface area contributed by atoms with Crippen molar-refractivity contribution < 1.29 is 5.11 Å². The summed E-state index contributed by atoms with van der Waals surface area (Å²) in [6.45, 7) is 7.26. The Morgan fingerprint density at radius 2 is 1.92 bits per heavy atom. The highest BCUT2D eigenvalue weighted by Crippen LogP contribution is 2.18. The van der Waals surface area contributed by atoms with Crippen molar-refractivity contribution in [1.29, 1.82) is 0 Å². The standard InChI is InChI=1S/C19H24N4O/c1-4-18(24)13-22(17-8-6-5-7-9-17)11-16-12-23-15(3)10-14(2)20-19(23)21-16/h5-10,12,18,24H,4,11,13H2,1-3H3/t18-/m0/s1. The van der Waals surface area contributed by atoms with Gasteiger partial charge in [-0.3, -0.25) is 4.40 Å². The van der Waals surface area contributed by atoms with Crippen molar-refractivity contribution in [2.24, 2.45) is 0 Å². The molecule has 0 fully saturated rings. The van der Waals surface area contributed by atoms with Gasteiger partial charge in [-0.05, 0) is 38.5 Å². The zero-order chi connectivity index (χ0) is 17.1. The number of anilines is 1. The molecule has 5 nitrogen and oxygen atoms in total. The van der Waals surface area contributed by atoms with E-state index in [1.54, 1.807) is 0 Å². The van der Waals surface area contributed by atoms with Gasteiger partial charge >= 0.3 is 0 Å². The Balaban J connectivity index is 1.91. The topological polar surface area (TPSA) is 53.7 Å². The van der Waals surface area contributed by atoms with Gasteiger partial charge in [-0.2, -0.15) is 0 Å². The molecule has 1 aromatic carbocycles. The van der Waals surface area contributed by atoms with Gasteiger partial charge in [0.1, 0.15) is 0 Å². The molecule has 126 valence electrons. The number of aryl methyl sites for hydroxylation is 2. The Morgan fingerprint density at radius 3 is 2.62 bits per heavy atom. The molecule has 3 rings (SSSR count). The molecular formula is C19H24N4O. The number of imidazole rings is 1. The van der Waals surface area contributed by atoms with Crippen molar-refractivity contribution in [3.8, 4) is 0 Å². The Bertz CT molecular complexity index is 813. The van der Waals surface area contributed by atoms with Crippen LogP contribution in [0.1, 0.15) is 30.4 Å². The maximum atomic E-state index is 10.1. The Labute approximate surface area is 142 Å². The normalized spacial score (nSPS) is 12.5. The van der Waals surface area contributed by atoms with E-state index >= 15 is 0 Å². The third kappa shape index (κ3) is 3.57. The number of rotatable bonds is 6. The zero-order valence-corrected chi connectivity index (χ0v) is 14.5. The molecule has 0 aliphatic heterocycles. The van der Waals surface area contributed by atoms with Crippen LogP contribution in [0.3, 0.4) is 0 Å². The molecule has 0 bridgehead atoms. The van der Waals surface area contributed by atoms with Gasteiger partial charge in [0, 0.05) is 29.8 Å². The zero-order valence-electron chi connectivity index (χ0n) is 14.5. The Hall–Kier alpha value is -2.40. The van der Waals surface area contributed by atoms with Crippen molar-refractivity contribution in [2.75, 3.05) is 11.4 Å². The number of nitrogens with zero attached hydrogens (tertiary/aromatic N) is 4. The number of hydrogen-bond acceptors (Lipinski definition) is 4. The first-order chi connectivity index (χ1) is 11.6. The summed E-state index contributed by atoms with van der Waals surface area (Å²) >= 11 is 0. The van der Waals surface area contributed by atoms with Crippen LogP contribution in [0.4, 0.5) is 5.69 Å². The summed E-state index contributed by atoms with van der Waals surface area (Å²) in [5.74, 6) is 0.728. The fraction of sp³-hybridized carbons (Fsp3) is 0.368. The second-order valence-electron chi connectivity index (χ2n) is 6.22. The quantitative estimate of drug-likeness (QED) is 0.757. The van der Waals surface area contributed by atoms with Crippen LogP contribution in [0.15, 0.2) is 42.6 Å². The molecule has 0 unspecified atom stereocenters. The number of fused-ring (bicyclic) bond motifs is 1. The van der Waals surface area contributed by atoms with Crippen molar-refractivity contribution >= 4 is 11.5 Å². The molecular weight excluding hydrogens is 300 g/mol. The molecule has 0 amide bonds. The van der Waals surface area contributed by atoms with Crippen LogP contribution >= 0.6 is 0 Å². The molecule has 0 aliphatic carbocycles. The van der Waals surface area contributed by atoms with E-state index in [9.17, 15) is 5.11 Å². The van der Waals surface area contributed by atoms with E-state index in [1.807, 2.05) is 48.7 Å². The van der Waals surface area contributed by atoms with Gasteiger partial charge in [0.25, 0.3) is 0 Å². The number of aliphatic hydroxyl groups is 1. The molecule has 5 heteroatoms. The van der Waals surface area contributed by atoms with Gasteiger partial charge in [-0.15, -0.1) is 0 Å². The molecule has 3 aromatic rings. The van der Waals surface area contributed by atoms with Gasteiger partial charge < -0.3 is 10.0 Å². The maximum absolute atomic E-state index is 10.1. The fourth-order valence-corrected chi connectivity index (χ4v) is 2.87. The highest BCUT2D eigenvalue weighted by molar-refractivity contribution is 5.47. The monoisotopic (exact) mass is 324 g/mol. The van der Waals surface area contributed by atoms with Crippen LogP contribution < -0.4 is 4.90 Å². The number of aliphatic hydroxyl groups excluding tert-OH is 1. The van der Waals surface area contributed by atoms with Crippen LogP contribution in [-0.2, 0) is 6.54 Å². The van der Waals surface area contributed by atoms with Crippen LogP contribution in [-0.4, -0.2) is 32.1 Å². The second-order valence-corrected chi connectivity index (χ2v) is 6.22. The van der Waals surface area contributed by atoms with Crippen LogP contribution in [0.2, 0.25) is 0 Å². The van der Waals surface area contributed by atoms with Crippen LogP contribution in [0, 0.1) is 13.8 Å². The van der Waals surface area contributed by atoms with E-state index in [1.165, 1.54) is 0 Å². The van der Waals surface area contributed by atoms with Gasteiger partial charge in [-0.1, -0.05) is 25.1 Å². The van der Waals surface area contributed by atoms with E-state index in [0.29, 0.717) is 13.1 Å². The lowest BCUT2D eigenvalue weighted by Crippen LogP contribution is -2.31. The SMILES string of the molecule is CC[C@H](O)CN(Cc1cn2c(C)cc(C)nc2n1)c1ccccc1. The number of benzene rings is 1. The fourth-order valence-electron chi connectivity index (χ4n) is 2.87. The van der Waals surface area contributed by atoms with E-state index in [0.717, 1.165) is 35.0 Å². The van der Waals surface area contributed by atoms with Gasteiger partial charge in [0.05, 0.1) is 18.3 Å². The van der Waals surface area contributed by atoms with Crippen molar-refractivity contribution in [1.82, 2.24) is 14.4 Å². The van der Waals surface area contributed by atoms with E-state index in [-0.39, 0.29) is 6.10 Å². The van der Waals surface area contributed by atoms with E-state index in [2.05, 4.69) is 33.9 Å². The minimum atomic E-state index is -0.357. The van der Waals surface area contributed by atoms with Gasteiger partial charge in [-0.25, -0.2) is 9.97 Å². The first kappa shape index (κ1) is 16.5. The van der Waals surface area contributed by atoms with Crippen molar-refractivity contribution in [3.63, 3.8) is 0 Å². The molecule has 0 spiro atoms. The summed E-state index contributed by atoms with van der Waals surface area (Å²) in [4.78, 5) is 11.3. The van der Waals surface area contributed by atoms with Gasteiger partial charge in [0.15, 0.2) is 0 Å². The first-order valence-corrected chi connectivity index (χ1v) is 8.37. The number of aromatic nitrogens is 3. The average Bonchev–Trinajstić information content (AvgIpc) is 2.97. The van der Waals surface area contributed by atoms with Crippen molar-refractivity contribution in [3.05, 3.63) is 59.7 Å². The largest absolute Gasteiger partial charge is 0.391 e. The number of para-hydroxylation sites is 1. The molecule has 2 aromatic heterocycles. The van der Waals surface area contributed by atoms with Crippen LogP contribution in [0.25, 0.3) is 5.78 Å². The summed E-state index contributed by atoms with van der Waals surface area (Å²) in [5, 5.41) is 10.1. The summed E-state index contributed by atoms with van der Waals surface area (Å²) in [6, 6.07) is 12.2. The Morgan fingerprint density at radius 1 is 1.17 bits per heavy atom. The predicted octanol–water partition coefficient (Wildman–Crippen LogP) is 3.12. The van der Waals surface area contributed by atoms with Crippen LogP contribution in [0.5, 0.6) is 0 Å². The molecule has 0 saturated carbocycles. The summed E-state index contributed by atoms with van der Waals surface area (Å²) < 4.78 is 2.02. The summed E-state index contributed by atoms with van der Waals surface area (Å²) in [6.07, 6.45) is 2.41. The third-order valence-corrected chi connectivity index (χ3v) is 4.19. The molecule has 1 N–H and O–H groups in total. The third-order valence-electron chi connectivity index (χ3n) is 4.19. The van der Waals surface area contributed by atoms with Crippen molar-refractivity contribution in [2.45, 2.75) is 39.8 Å². The lowest BCUT2D eigenvalue weighted by Gasteiger charge is -2.26. The van der Waals surface area contributed by atoms with E-state index < -0.39 is 0 Å². The molecule has 24 heavy (non-hydrogen) atoms. The molecule has 0 radical (unpaired) electrons. The molecule has 1 atom stereocenters. The first-order valence-electron chi connectivity index (χ1n) is 8.37. The number of hydrogen-bond donors (Lipinski definition) is 1. The average molecular weight is 324 g/mol. The second kappa shape index (κ2) is 7.01. The minimum absolute atomic E-state index is 0.357. The highest BCUT2D eigenvalue weighted by atomic mass is 16.3. The molecule has 0 aliphatic rings. The lowest BCUT2D eigenvalue weighted by atomic mass is 10.2.